The lowest BCUT2D eigenvalue weighted by atomic mass is 9.87. The van der Waals surface area contributed by atoms with Crippen LogP contribution >= 0.6 is 12.0 Å². The Kier molecular flexibility index (Phi) is 23.4. The second kappa shape index (κ2) is 25.1. The van der Waals surface area contributed by atoms with Crippen molar-refractivity contribution in [1.29, 1.82) is 0 Å². The van der Waals surface area contributed by atoms with Gasteiger partial charge in [-0.15, -0.1) is 5.73 Å². The number of aliphatic hydroxyl groups excluding tert-OH is 2. The van der Waals surface area contributed by atoms with Crippen LogP contribution in [0.5, 0.6) is 0 Å². The molecule has 0 saturated heterocycles. The Morgan fingerprint density at radius 3 is 2.08 bits per heavy atom. The van der Waals surface area contributed by atoms with Crippen LogP contribution in [0.1, 0.15) is 72.1 Å². The van der Waals surface area contributed by atoms with Gasteiger partial charge in [0.1, 0.15) is 6.10 Å². The maximum Gasteiger partial charge on any atom is 0.318 e. The quantitative estimate of drug-likeness (QED) is 0.0627. The molecule has 0 fully saturated rings. The SMILES string of the molecule is CC/C=C\C/C=C\C/C=C\C/C=C\CC=C=CCCC(=O)OSCCNC(=O)CCNC(=O)[C@H](O)C(C)(C)CO. The summed E-state index contributed by atoms with van der Waals surface area (Å²) in [5.41, 5.74) is 2.10. The van der Waals surface area contributed by atoms with Crippen molar-refractivity contribution in [2.75, 3.05) is 25.4 Å². The number of hydrogen-bond donors (Lipinski definition) is 4. The normalized spacial score (nSPS) is 12.6. The summed E-state index contributed by atoms with van der Waals surface area (Å²) in [4.78, 5) is 35.4. The number of rotatable bonds is 22. The first-order valence-corrected chi connectivity index (χ1v) is 14.8. The van der Waals surface area contributed by atoms with E-state index in [1.165, 1.54) is 0 Å². The summed E-state index contributed by atoms with van der Waals surface area (Å²) in [6.45, 7) is 5.30. The fourth-order valence-corrected chi connectivity index (χ4v) is 3.36. The van der Waals surface area contributed by atoms with E-state index >= 15 is 0 Å². The van der Waals surface area contributed by atoms with Crippen LogP contribution < -0.4 is 10.6 Å². The smallest absolute Gasteiger partial charge is 0.318 e. The highest BCUT2D eigenvalue weighted by Crippen LogP contribution is 2.19. The Balaban J connectivity index is 3.77. The molecule has 224 valence electrons. The van der Waals surface area contributed by atoms with Crippen LogP contribution in [-0.4, -0.2) is 59.5 Å². The summed E-state index contributed by atoms with van der Waals surface area (Å²) in [7, 11) is 0. The van der Waals surface area contributed by atoms with Gasteiger partial charge in [-0.1, -0.05) is 69.4 Å². The third-order valence-electron chi connectivity index (χ3n) is 5.41. The third kappa shape index (κ3) is 22.0. The molecule has 4 N–H and O–H groups in total. The first kappa shape index (κ1) is 37.2. The molecule has 1 atom stereocenters. The van der Waals surface area contributed by atoms with Crippen molar-refractivity contribution in [3.8, 4) is 0 Å². The van der Waals surface area contributed by atoms with E-state index in [0.29, 0.717) is 18.7 Å². The highest BCUT2D eigenvalue weighted by Gasteiger charge is 2.32. The van der Waals surface area contributed by atoms with Gasteiger partial charge in [-0.25, -0.2) is 0 Å². The summed E-state index contributed by atoms with van der Waals surface area (Å²) >= 11 is 0.977. The molecule has 0 spiro atoms. The highest BCUT2D eigenvalue weighted by atomic mass is 32.2. The number of aliphatic hydroxyl groups is 2. The number of allylic oxidation sites excluding steroid dienone is 9. The first-order valence-electron chi connectivity index (χ1n) is 13.9. The van der Waals surface area contributed by atoms with Crippen LogP contribution in [0.4, 0.5) is 0 Å². The van der Waals surface area contributed by atoms with Crippen LogP contribution in [0, 0.1) is 5.41 Å². The lowest BCUT2D eigenvalue weighted by Gasteiger charge is -2.27. The van der Waals surface area contributed by atoms with Gasteiger partial charge >= 0.3 is 5.97 Å². The van der Waals surface area contributed by atoms with E-state index < -0.39 is 17.4 Å². The Bertz CT molecular complexity index is 902. The molecular weight excluding hydrogens is 528 g/mol. The first-order chi connectivity index (χ1) is 19.2. The second-order valence-corrected chi connectivity index (χ2v) is 10.4. The van der Waals surface area contributed by atoms with Crippen molar-refractivity contribution in [2.45, 2.75) is 78.2 Å². The molecule has 0 aromatic rings. The number of amides is 2. The monoisotopic (exact) mass is 576 g/mol. The Morgan fingerprint density at radius 1 is 0.875 bits per heavy atom. The number of carbonyl (C=O) groups excluding carboxylic acids is 3. The minimum atomic E-state index is -1.37. The van der Waals surface area contributed by atoms with E-state index in [9.17, 15) is 24.6 Å². The van der Waals surface area contributed by atoms with E-state index in [1.54, 1.807) is 13.8 Å². The fourth-order valence-electron chi connectivity index (χ4n) is 2.88. The third-order valence-corrected chi connectivity index (χ3v) is 6.08. The standard InChI is InChI=1S/C31H48N2O6S/c1-4-5-6-7-8-9-10-11-12-13-14-15-16-17-18-19-20-21-28(36)39-40-25-24-32-27(35)22-23-33-30(38)29(37)31(2,3)26-34/h5-6,8-9,11-12,14-15,17,19,29,34,37H,4,7,10,13,16,20-26H2,1-3H3,(H,32,35)(H,33,38)/b6-5-,9-8-,12-11-,15-14-/t18?,29-/m0/s1. The van der Waals surface area contributed by atoms with Crippen LogP contribution in [0.15, 0.2) is 66.5 Å². The molecule has 0 aliphatic carbocycles. The summed E-state index contributed by atoms with van der Waals surface area (Å²) in [6.07, 6.45) is 25.1. The zero-order valence-corrected chi connectivity index (χ0v) is 25.1. The molecule has 0 bridgehead atoms. The zero-order valence-electron chi connectivity index (χ0n) is 24.3. The van der Waals surface area contributed by atoms with Crippen LogP contribution in [0.3, 0.4) is 0 Å². The van der Waals surface area contributed by atoms with Crippen molar-refractivity contribution in [1.82, 2.24) is 10.6 Å². The predicted octanol–water partition coefficient (Wildman–Crippen LogP) is 4.87. The minimum Gasteiger partial charge on any atom is -0.396 e. The van der Waals surface area contributed by atoms with Gasteiger partial charge in [-0.2, -0.15) is 0 Å². The van der Waals surface area contributed by atoms with Gasteiger partial charge < -0.3 is 25.0 Å². The molecule has 0 aliphatic heterocycles. The lowest BCUT2D eigenvalue weighted by Crippen LogP contribution is -2.46. The van der Waals surface area contributed by atoms with Gasteiger partial charge in [0.05, 0.1) is 25.1 Å². The van der Waals surface area contributed by atoms with E-state index in [2.05, 4.69) is 71.9 Å². The highest BCUT2D eigenvalue weighted by molar-refractivity contribution is 7.95. The molecule has 0 saturated carbocycles. The minimum absolute atomic E-state index is 0.0462. The fraction of sp³-hybridized carbons (Fsp3) is 0.548. The van der Waals surface area contributed by atoms with Crippen LogP contribution in [0.2, 0.25) is 0 Å². The molecular formula is C31H48N2O6S. The predicted molar refractivity (Wildman–Crippen MR) is 163 cm³/mol. The largest absolute Gasteiger partial charge is 0.396 e. The van der Waals surface area contributed by atoms with Gasteiger partial charge in [-0.05, 0) is 50.7 Å². The van der Waals surface area contributed by atoms with Crippen molar-refractivity contribution in [3.05, 3.63) is 66.5 Å². The Labute approximate surface area is 244 Å². The number of carbonyl (C=O) groups is 3. The van der Waals surface area contributed by atoms with E-state index in [1.807, 2.05) is 12.2 Å². The lowest BCUT2D eigenvalue weighted by molar-refractivity contribution is -0.137. The van der Waals surface area contributed by atoms with Crippen molar-refractivity contribution in [2.24, 2.45) is 5.41 Å². The van der Waals surface area contributed by atoms with Gasteiger partial charge in [0.25, 0.3) is 0 Å². The summed E-state index contributed by atoms with van der Waals surface area (Å²) in [5, 5.41) is 24.2. The van der Waals surface area contributed by atoms with Crippen molar-refractivity contribution < 1.29 is 28.8 Å². The molecule has 0 heterocycles. The Hall–Kier alpha value is -2.84. The molecule has 9 heteroatoms. The van der Waals surface area contributed by atoms with Crippen LogP contribution in [-0.2, 0) is 18.6 Å². The van der Waals surface area contributed by atoms with E-state index in [0.717, 1.165) is 44.1 Å². The second-order valence-electron chi connectivity index (χ2n) is 9.57. The molecule has 2 amide bonds. The average molecular weight is 577 g/mol. The summed E-state index contributed by atoms with van der Waals surface area (Å²) < 4.78 is 5.07. The van der Waals surface area contributed by atoms with Gasteiger partial charge in [0.15, 0.2) is 0 Å². The van der Waals surface area contributed by atoms with Crippen LogP contribution in [0.25, 0.3) is 0 Å². The molecule has 8 nitrogen and oxygen atoms in total. The average Bonchev–Trinajstić information content (AvgIpc) is 2.93. The topological polar surface area (TPSA) is 125 Å². The summed E-state index contributed by atoms with van der Waals surface area (Å²) in [6, 6.07) is 0. The van der Waals surface area contributed by atoms with Gasteiger partial charge in [0.2, 0.25) is 11.8 Å². The van der Waals surface area contributed by atoms with Gasteiger partial charge in [0, 0.05) is 30.7 Å². The zero-order chi connectivity index (χ0) is 29.9. The maximum atomic E-state index is 11.9. The van der Waals surface area contributed by atoms with Gasteiger partial charge in [-0.3, -0.25) is 14.4 Å². The Morgan fingerprint density at radius 2 is 1.48 bits per heavy atom. The molecule has 0 radical (unpaired) electrons. The van der Waals surface area contributed by atoms with Crippen molar-refractivity contribution in [3.63, 3.8) is 0 Å². The van der Waals surface area contributed by atoms with E-state index in [4.69, 9.17) is 4.18 Å². The molecule has 0 unspecified atom stereocenters. The summed E-state index contributed by atoms with van der Waals surface area (Å²) in [5.74, 6) is -0.839. The van der Waals surface area contributed by atoms with Crippen molar-refractivity contribution >= 4 is 29.8 Å². The molecule has 40 heavy (non-hydrogen) atoms. The molecule has 0 aromatic carbocycles. The molecule has 0 rings (SSSR count). The molecule has 0 aliphatic rings. The molecule has 0 aromatic heterocycles. The maximum absolute atomic E-state index is 11.9. The number of hydrogen-bond acceptors (Lipinski definition) is 7. The van der Waals surface area contributed by atoms with E-state index in [-0.39, 0.29) is 37.9 Å². The number of nitrogens with one attached hydrogen (secondary N) is 2.